The third-order valence-electron chi connectivity index (χ3n) is 10.3. The molecule has 8 atom stereocenters. The molecule has 1 N–H and O–H groups in total. The van der Waals surface area contributed by atoms with Gasteiger partial charge in [0.2, 0.25) is 5.91 Å². The van der Waals surface area contributed by atoms with Crippen LogP contribution in [0.25, 0.3) is 0 Å². The highest BCUT2D eigenvalue weighted by Crippen LogP contribution is 2.67. The van der Waals surface area contributed by atoms with E-state index in [1.54, 1.807) is 19.7 Å². The second-order valence-corrected chi connectivity index (χ2v) is 11.5. The highest BCUT2D eigenvalue weighted by Gasteiger charge is 2.59. The van der Waals surface area contributed by atoms with Crippen molar-refractivity contribution in [1.82, 2.24) is 5.06 Å². The third kappa shape index (κ3) is 3.56. The lowest BCUT2D eigenvalue weighted by atomic mass is 9.47. The summed E-state index contributed by atoms with van der Waals surface area (Å²) < 4.78 is 0. The molecule has 0 aromatic heterocycles. The topological polar surface area (TPSA) is 49.8 Å². The number of rotatable bonds is 5. The van der Waals surface area contributed by atoms with Gasteiger partial charge in [-0.3, -0.25) is 9.63 Å². The first kappa shape index (κ1) is 22.3. The van der Waals surface area contributed by atoms with Crippen LogP contribution in [0.3, 0.4) is 0 Å². The van der Waals surface area contributed by atoms with Crippen molar-refractivity contribution in [3.8, 4) is 0 Å². The van der Waals surface area contributed by atoms with E-state index >= 15 is 0 Å². The minimum atomic E-state index is -0.119. The molecule has 0 saturated heterocycles. The minimum absolute atomic E-state index is 0.0881. The van der Waals surface area contributed by atoms with Gasteiger partial charge in [-0.15, -0.1) is 0 Å². The number of carbonyl (C=O) groups is 1. The first-order valence-electron chi connectivity index (χ1n) is 12.4. The van der Waals surface area contributed by atoms with Gasteiger partial charge in [-0.25, -0.2) is 5.06 Å². The van der Waals surface area contributed by atoms with Crippen molar-refractivity contribution in [3.63, 3.8) is 0 Å². The molecule has 3 saturated carbocycles. The standard InChI is InChI=1S/C26H43NO3/c1-17(6-11-24(29)27(4)30-5)21-9-10-22-20-8-7-18-16-19(28)12-14-25(18,2)23(20)13-15-26(21,22)3/h7,17,19-23,28H,6,8-16H2,1-5H3. The largest absolute Gasteiger partial charge is 0.393 e. The molecule has 4 aliphatic carbocycles. The monoisotopic (exact) mass is 417 g/mol. The molecule has 8 unspecified atom stereocenters. The maximum atomic E-state index is 12.2. The highest BCUT2D eigenvalue weighted by molar-refractivity contribution is 5.74. The lowest BCUT2D eigenvalue weighted by Gasteiger charge is -2.58. The van der Waals surface area contributed by atoms with E-state index in [4.69, 9.17) is 4.84 Å². The van der Waals surface area contributed by atoms with Gasteiger partial charge in [-0.2, -0.15) is 0 Å². The van der Waals surface area contributed by atoms with E-state index in [2.05, 4.69) is 26.8 Å². The Labute approximate surface area is 183 Å². The Morgan fingerprint density at radius 2 is 2.00 bits per heavy atom. The Bertz CT molecular complexity index is 690. The van der Waals surface area contributed by atoms with E-state index in [1.807, 2.05) is 0 Å². The number of hydrogen-bond acceptors (Lipinski definition) is 3. The van der Waals surface area contributed by atoms with Crippen molar-refractivity contribution in [2.45, 2.75) is 91.1 Å². The predicted molar refractivity (Wildman–Crippen MR) is 119 cm³/mol. The predicted octanol–water partition coefficient (Wildman–Crippen LogP) is 5.36. The Morgan fingerprint density at radius 3 is 2.73 bits per heavy atom. The van der Waals surface area contributed by atoms with Gasteiger partial charge < -0.3 is 5.11 Å². The van der Waals surface area contributed by atoms with E-state index in [0.717, 1.165) is 42.9 Å². The molecule has 0 aromatic carbocycles. The van der Waals surface area contributed by atoms with E-state index in [-0.39, 0.29) is 12.0 Å². The average Bonchev–Trinajstić information content (AvgIpc) is 3.09. The fourth-order valence-electron chi connectivity index (χ4n) is 8.43. The van der Waals surface area contributed by atoms with Crippen LogP contribution in [-0.4, -0.2) is 36.3 Å². The van der Waals surface area contributed by atoms with E-state index < -0.39 is 0 Å². The number of aliphatic hydroxyl groups is 1. The maximum Gasteiger partial charge on any atom is 0.245 e. The molecule has 4 nitrogen and oxygen atoms in total. The summed E-state index contributed by atoms with van der Waals surface area (Å²) in [4.78, 5) is 17.3. The van der Waals surface area contributed by atoms with Gasteiger partial charge in [0.1, 0.15) is 0 Å². The number of hydrogen-bond donors (Lipinski definition) is 1. The molecule has 170 valence electrons. The SMILES string of the molecule is CON(C)C(=O)CCC(C)C1CCC2C3CC=C4CC(O)CCC4(C)C3CCC12C. The van der Waals surface area contributed by atoms with E-state index in [1.165, 1.54) is 43.6 Å². The van der Waals surface area contributed by atoms with Crippen LogP contribution in [-0.2, 0) is 9.63 Å². The first-order chi connectivity index (χ1) is 14.2. The smallest absolute Gasteiger partial charge is 0.245 e. The highest BCUT2D eigenvalue weighted by atomic mass is 16.7. The average molecular weight is 418 g/mol. The van der Waals surface area contributed by atoms with Crippen LogP contribution in [0.2, 0.25) is 0 Å². The molecule has 4 aliphatic rings. The molecule has 3 fully saturated rings. The molecule has 30 heavy (non-hydrogen) atoms. The molecule has 0 spiro atoms. The van der Waals surface area contributed by atoms with Crippen molar-refractivity contribution >= 4 is 5.91 Å². The summed E-state index contributed by atoms with van der Waals surface area (Å²) >= 11 is 0. The number of amides is 1. The Balaban J connectivity index is 1.47. The maximum absolute atomic E-state index is 12.2. The van der Waals surface area contributed by atoms with Gasteiger partial charge in [0.25, 0.3) is 0 Å². The van der Waals surface area contributed by atoms with Crippen molar-refractivity contribution in [2.75, 3.05) is 14.2 Å². The van der Waals surface area contributed by atoms with Crippen LogP contribution in [0.5, 0.6) is 0 Å². The summed E-state index contributed by atoms with van der Waals surface area (Å²) in [6.45, 7) is 7.47. The van der Waals surface area contributed by atoms with Crippen LogP contribution in [0.4, 0.5) is 0 Å². The fourth-order valence-corrected chi connectivity index (χ4v) is 8.43. The van der Waals surface area contributed by atoms with E-state index in [9.17, 15) is 9.90 Å². The molecular weight excluding hydrogens is 374 g/mol. The van der Waals surface area contributed by atoms with E-state index in [0.29, 0.717) is 23.2 Å². The summed E-state index contributed by atoms with van der Waals surface area (Å²) in [6.07, 6.45) is 13.6. The summed E-state index contributed by atoms with van der Waals surface area (Å²) in [5.74, 6) is 3.84. The Morgan fingerprint density at radius 1 is 1.23 bits per heavy atom. The van der Waals surface area contributed by atoms with Crippen molar-refractivity contribution in [1.29, 1.82) is 0 Å². The van der Waals surface area contributed by atoms with Crippen molar-refractivity contribution < 1.29 is 14.7 Å². The summed E-state index contributed by atoms with van der Waals surface area (Å²) in [5.41, 5.74) is 2.31. The molecule has 4 heteroatoms. The fraction of sp³-hybridized carbons (Fsp3) is 0.885. The van der Waals surface area contributed by atoms with Gasteiger partial charge in [0, 0.05) is 13.5 Å². The van der Waals surface area contributed by atoms with Gasteiger partial charge in [0.05, 0.1) is 13.2 Å². The molecule has 0 aromatic rings. The molecule has 0 radical (unpaired) electrons. The second-order valence-electron chi connectivity index (χ2n) is 11.5. The summed E-state index contributed by atoms with van der Waals surface area (Å²) in [6, 6.07) is 0. The first-order valence-corrected chi connectivity index (χ1v) is 12.4. The van der Waals surface area contributed by atoms with Gasteiger partial charge in [-0.05, 0) is 98.2 Å². The number of fused-ring (bicyclic) bond motifs is 5. The van der Waals surface area contributed by atoms with Crippen LogP contribution in [0.1, 0.15) is 85.0 Å². The Kier molecular flexibility index (Phi) is 6.13. The van der Waals surface area contributed by atoms with Crippen molar-refractivity contribution in [2.24, 2.45) is 40.4 Å². The minimum Gasteiger partial charge on any atom is -0.393 e. The summed E-state index contributed by atoms with van der Waals surface area (Å²) in [5, 5.41) is 11.6. The molecule has 0 heterocycles. The third-order valence-corrected chi connectivity index (χ3v) is 10.3. The molecule has 0 bridgehead atoms. The van der Waals surface area contributed by atoms with Crippen molar-refractivity contribution in [3.05, 3.63) is 11.6 Å². The zero-order valence-electron chi connectivity index (χ0n) is 19.8. The zero-order valence-corrected chi connectivity index (χ0v) is 19.8. The number of hydroxylamine groups is 2. The quantitative estimate of drug-likeness (QED) is 0.484. The van der Waals surface area contributed by atoms with Crippen LogP contribution < -0.4 is 0 Å². The number of carbonyl (C=O) groups excluding carboxylic acids is 1. The molecule has 4 rings (SSSR count). The van der Waals surface area contributed by atoms with Crippen LogP contribution in [0, 0.1) is 40.4 Å². The lowest BCUT2D eigenvalue weighted by molar-refractivity contribution is -0.169. The van der Waals surface area contributed by atoms with Gasteiger partial charge >= 0.3 is 0 Å². The lowest BCUT2D eigenvalue weighted by Crippen LogP contribution is -2.50. The number of allylic oxidation sites excluding steroid dienone is 1. The Hall–Kier alpha value is -0.870. The van der Waals surface area contributed by atoms with Crippen LogP contribution >= 0.6 is 0 Å². The molecule has 1 amide bonds. The zero-order chi connectivity index (χ0) is 21.7. The number of nitrogens with zero attached hydrogens (tertiary/aromatic N) is 1. The van der Waals surface area contributed by atoms with Crippen LogP contribution in [0.15, 0.2) is 11.6 Å². The molecule has 0 aliphatic heterocycles. The van der Waals surface area contributed by atoms with Gasteiger partial charge in [-0.1, -0.05) is 32.4 Å². The number of aliphatic hydroxyl groups excluding tert-OH is 1. The normalized spacial score (nSPS) is 43.8. The molecular formula is C26H43NO3. The second kappa shape index (κ2) is 8.24. The van der Waals surface area contributed by atoms with Gasteiger partial charge in [0.15, 0.2) is 0 Å². The summed E-state index contributed by atoms with van der Waals surface area (Å²) in [7, 11) is 3.26.